The molecule has 0 aromatic carbocycles. The van der Waals surface area contributed by atoms with Crippen molar-refractivity contribution in [3.8, 4) is 11.8 Å². The quantitative estimate of drug-likeness (QED) is 0.830. The van der Waals surface area contributed by atoms with Crippen LogP contribution in [-0.2, 0) is 0 Å². The summed E-state index contributed by atoms with van der Waals surface area (Å²) in [6.45, 7) is 6.91. The highest BCUT2D eigenvalue weighted by molar-refractivity contribution is 5.91. The van der Waals surface area contributed by atoms with Crippen molar-refractivity contribution < 1.29 is 14.3 Å². The van der Waals surface area contributed by atoms with Gasteiger partial charge in [-0.1, -0.05) is 12.3 Å². The summed E-state index contributed by atoms with van der Waals surface area (Å²) in [4.78, 5) is 14.3. The smallest absolute Gasteiger partial charge is 0.287 e. The van der Waals surface area contributed by atoms with Crippen LogP contribution in [0.15, 0.2) is 16.5 Å². The van der Waals surface area contributed by atoms with E-state index in [9.17, 15) is 9.90 Å². The molecule has 1 aliphatic rings. The minimum Gasteiger partial charge on any atom is -0.443 e. The van der Waals surface area contributed by atoms with E-state index in [0.29, 0.717) is 12.3 Å². The van der Waals surface area contributed by atoms with E-state index >= 15 is 0 Å². The molecule has 0 spiro atoms. The molecule has 22 heavy (non-hydrogen) atoms. The maximum atomic E-state index is 12.0. The molecule has 0 unspecified atom stereocenters. The van der Waals surface area contributed by atoms with E-state index in [1.807, 2.05) is 0 Å². The van der Waals surface area contributed by atoms with Crippen LogP contribution in [0.25, 0.3) is 0 Å². The van der Waals surface area contributed by atoms with E-state index < -0.39 is 5.60 Å². The average Bonchev–Trinajstić information content (AvgIpc) is 2.94. The lowest BCUT2D eigenvalue weighted by Crippen LogP contribution is -2.37. The maximum absolute atomic E-state index is 12.0. The van der Waals surface area contributed by atoms with Gasteiger partial charge < -0.3 is 19.7 Å². The van der Waals surface area contributed by atoms with Gasteiger partial charge in [0.05, 0.1) is 0 Å². The monoisotopic (exact) mass is 304 g/mol. The Morgan fingerprint density at radius 3 is 2.77 bits per heavy atom. The third-order valence-corrected chi connectivity index (χ3v) is 3.48. The maximum Gasteiger partial charge on any atom is 0.287 e. The van der Waals surface area contributed by atoms with Crippen molar-refractivity contribution in [1.82, 2.24) is 10.2 Å². The summed E-state index contributed by atoms with van der Waals surface area (Å²) in [5, 5.41) is 12.4. The number of nitrogens with one attached hydrogen (secondary N) is 1. The summed E-state index contributed by atoms with van der Waals surface area (Å²) in [5.74, 6) is 5.76. The predicted molar refractivity (Wildman–Crippen MR) is 84.5 cm³/mol. The number of carbonyl (C=O) groups excluding carboxylic acids is 1. The van der Waals surface area contributed by atoms with Crippen molar-refractivity contribution in [2.75, 3.05) is 26.2 Å². The molecule has 0 bridgehead atoms. The van der Waals surface area contributed by atoms with Crippen LogP contribution < -0.4 is 5.32 Å². The molecule has 0 saturated carbocycles. The first-order valence-corrected chi connectivity index (χ1v) is 7.80. The fraction of sp³-hybridized carbons (Fsp3) is 0.588. The van der Waals surface area contributed by atoms with Gasteiger partial charge in [-0.05, 0) is 57.8 Å². The number of furan rings is 1. The molecule has 0 aliphatic carbocycles. The molecule has 5 nitrogen and oxygen atoms in total. The van der Waals surface area contributed by atoms with E-state index in [4.69, 9.17) is 4.42 Å². The average molecular weight is 304 g/mol. The number of likely N-dealkylation sites (tertiary alicyclic amines) is 1. The Kier molecular flexibility index (Phi) is 5.64. The van der Waals surface area contributed by atoms with Gasteiger partial charge in [0.1, 0.15) is 5.60 Å². The standard InChI is InChI=1S/C17H24N2O3/c1-17(2,21)9-8-14-6-7-15(22-14)16(20)18-10-13-19-11-4-3-5-12-19/h6-7,21H,3-5,10-13H2,1-2H3,(H,18,20). The molecule has 2 rings (SSSR count). The highest BCUT2D eigenvalue weighted by Crippen LogP contribution is 2.09. The predicted octanol–water partition coefficient (Wildman–Crippen LogP) is 1.62. The van der Waals surface area contributed by atoms with Crippen molar-refractivity contribution in [3.63, 3.8) is 0 Å². The number of carbonyl (C=O) groups is 1. The van der Waals surface area contributed by atoms with Gasteiger partial charge in [-0.2, -0.15) is 0 Å². The largest absolute Gasteiger partial charge is 0.443 e. The van der Waals surface area contributed by atoms with E-state index in [1.165, 1.54) is 19.3 Å². The van der Waals surface area contributed by atoms with Gasteiger partial charge in [0.25, 0.3) is 5.91 Å². The second-order valence-electron chi connectivity index (χ2n) is 6.13. The summed E-state index contributed by atoms with van der Waals surface area (Å²) >= 11 is 0. The van der Waals surface area contributed by atoms with Crippen LogP contribution in [0.5, 0.6) is 0 Å². The Balaban J connectivity index is 1.80. The lowest BCUT2D eigenvalue weighted by atomic mass is 10.1. The minimum absolute atomic E-state index is 0.228. The fourth-order valence-electron chi connectivity index (χ4n) is 2.34. The number of rotatable bonds is 4. The Morgan fingerprint density at radius 2 is 2.09 bits per heavy atom. The zero-order valence-electron chi connectivity index (χ0n) is 13.3. The molecule has 1 aromatic rings. The zero-order chi connectivity index (χ0) is 16.0. The number of hydrogen-bond acceptors (Lipinski definition) is 4. The Hall–Kier alpha value is -1.77. The first kappa shape index (κ1) is 16.6. The van der Waals surface area contributed by atoms with Gasteiger partial charge in [-0.25, -0.2) is 0 Å². The number of hydrogen-bond donors (Lipinski definition) is 2. The van der Waals surface area contributed by atoms with Gasteiger partial charge in [0, 0.05) is 13.1 Å². The number of piperidine rings is 1. The van der Waals surface area contributed by atoms with Crippen LogP contribution in [0.3, 0.4) is 0 Å². The number of aliphatic hydroxyl groups is 1. The zero-order valence-corrected chi connectivity index (χ0v) is 13.3. The van der Waals surface area contributed by atoms with Crippen LogP contribution in [-0.4, -0.2) is 47.7 Å². The molecule has 1 aliphatic heterocycles. The summed E-state index contributed by atoms with van der Waals surface area (Å²) in [6.07, 6.45) is 3.80. The molecule has 120 valence electrons. The third-order valence-electron chi connectivity index (χ3n) is 3.48. The van der Waals surface area contributed by atoms with Gasteiger partial charge >= 0.3 is 0 Å². The van der Waals surface area contributed by atoms with Gasteiger partial charge in [0.15, 0.2) is 11.5 Å². The first-order chi connectivity index (χ1) is 10.4. The molecule has 5 heteroatoms. The molecule has 1 amide bonds. The highest BCUT2D eigenvalue weighted by atomic mass is 16.3. The Morgan fingerprint density at radius 1 is 1.36 bits per heavy atom. The van der Waals surface area contributed by atoms with Crippen molar-refractivity contribution in [3.05, 3.63) is 23.7 Å². The summed E-state index contributed by atoms with van der Waals surface area (Å²) < 4.78 is 5.37. The second-order valence-corrected chi connectivity index (χ2v) is 6.13. The van der Waals surface area contributed by atoms with E-state index in [-0.39, 0.29) is 11.7 Å². The van der Waals surface area contributed by atoms with Gasteiger partial charge in [-0.3, -0.25) is 4.79 Å². The van der Waals surface area contributed by atoms with Crippen LogP contribution >= 0.6 is 0 Å². The molecule has 1 aromatic heterocycles. The lowest BCUT2D eigenvalue weighted by molar-refractivity contribution is 0.0918. The van der Waals surface area contributed by atoms with E-state index in [1.54, 1.807) is 26.0 Å². The van der Waals surface area contributed by atoms with Crippen LogP contribution in [0.4, 0.5) is 0 Å². The highest BCUT2D eigenvalue weighted by Gasteiger charge is 2.13. The molecular weight excluding hydrogens is 280 g/mol. The van der Waals surface area contributed by atoms with Crippen molar-refractivity contribution in [2.24, 2.45) is 0 Å². The van der Waals surface area contributed by atoms with Crippen LogP contribution in [0.2, 0.25) is 0 Å². The minimum atomic E-state index is -1.08. The second kappa shape index (κ2) is 7.48. The molecular formula is C17H24N2O3. The molecule has 0 radical (unpaired) electrons. The van der Waals surface area contributed by atoms with Gasteiger partial charge in [-0.15, -0.1) is 0 Å². The molecule has 0 atom stereocenters. The number of amides is 1. The molecule has 1 saturated heterocycles. The van der Waals surface area contributed by atoms with Crippen molar-refractivity contribution >= 4 is 5.91 Å². The van der Waals surface area contributed by atoms with Crippen LogP contribution in [0, 0.1) is 11.8 Å². The first-order valence-electron chi connectivity index (χ1n) is 7.80. The summed E-state index contributed by atoms with van der Waals surface area (Å²) in [7, 11) is 0. The van der Waals surface area contributed by atoms with Crippen molar-refractivity contribution in [1.29, 1.82) is 0 Å². The third kappa shape index (κ3) is 5.55. The topological polar surface area (TPSA) is 65.7 Å². The summed E-state index contributed by atoms with van der Waals surface area (Å²) in [5.41, 5.74) is -1.08. The summed E-state index contributed by atoms with van der Waals surface area (Å²) in [6, 6.07) is 3.24. The molecule has 2 N–H and O–H groups in total. The normalized spacial score (nSPS) is 16.0. The van der Waals surface area contributed by atoms with Crippen LogP contribution in [0.1, 0.15) is 49.4 Å². The molecule has 2 heterocycles. The van der Waals surface area contributed by atoms with Gasteiger partial charge in [0.2, 0.25) is 0 Å². The fourth-order valence-corrected chi connectivity index (χ4v) is 2.34. The Bertz CT molecular complexity index is 554. The van der Waals surface area contributed by atoms with E-state index in [2.05, 4.69) is 22.1 Å². The lowest BCUT2D eigenvalue weighted by Gasteiger charge is -2.26. The SMILES string of the molecule is CC(C)(O)C#Cc1ccc(C(=O)NCCN2CCCCC2)o1. The molecule has 1 fully saturated rings. The Labute approximate surface area is 131 Å². The van der Waals surface area contributed by atoms with E-state index in [0.717, 1.165) is 19.6 Å². The number of nitrogens with zero attached hydrogens (tertiary/aromatic N) is 1. The van der Waals surface area contributed by atoms with Crippen molar-refractivity contribution in [2.45, 2.75) is 38.7 Å².